The van der Waals surface area contributed by atoms with E-state index in [1.54, 1.807) is 6.07 Å². The molecule has 23 heavy (non-hydrogen) atoms. The molecular weight excluding hydrogens is 314 g/mol. The van der Waals surface area contributed by atoms with E-state index in [9.17, 15) is 9.59 Å². The lowest BCUT2D eigenvalue weighted by Crippen LogP contribution is -2.48. The van der Waals surface area contributed by atoms with Crippen molar-refractivity contribution in [1.29, 1.82) is 0 Å². The Morgan fingerprint density at radius 2 is 1.78 bits per heavy atom. The van der Waals surface area contributed by atoms with Crippen LogP contribution in [-0.4, -0.2) is 38.0 Å². The minimum atomic E-state index is -0.510. The van der Waals surface area contributed by atoms with Crippen LogP contribution in [0.4, 0.5) is 0 Å². The van der Waals surface area contributed by atoms with Crippen molar-refractivity contribution in [3.05, 3.63) is 35.4 Å². The van der Waals surface area contributed by atoms with Gasteiger partial charge in [-0.15, -0.1) is 12.4 Å². The molecule has 1 rings (SSSR count). The van der Waals surface area contributed by atoms with Gasteiger partial charge in [0.05, 0.1) is 0 Å². The first-order chi connectivity index (χ1) is 10.5. The third-order valence-electron chi connectivity index (χ3n) is 3.39. The number of hydrogen-bond donors (Lipinski definition) is 3. The smallest absolute Gasteiger partial charge is 0.252 e. The lowest BCUT2D eigenvalue weighted by Gasteiger charge is -2.20. The Hall–Kier alpha value is -1.59. The van der Waals surface area contributed by atoms with E-state index >= 15 is 0 Å². The SMILES string of the molecule is CNCCNC(=O)C(CC(C)C)NC(=O)c1ccccc1C.Cl. The Labute approximate surface area is 145 Å². The first kappa shape index (κ1) is 21.4. The molecule has 1 aromatic carbocycles. The number of amides is 2. The topological polar surface area (TPSA) is 70.2 Å². The van der Waals surface area contributed by atoms with Gasteiger partial charge >= 0.3 is 0 Å². The molecule has 5 nitrogen and oxygen atoms in total. The van der Waals surface area contributed by atoms with Crippen LogP contribution in [0.5, 0.6) is 0 Å². The molecule has 0 saturated carbocycles. The van der Waals surface area contributed by atoms with Crippen molar-refractivity contribution in [1.82, 2.24) is 16.0 Å². The van der Waals surface area contributed by atoms with Gasteiger partial charge < -0.3 is 16.0 Å². The zero-order chi connectivity index (χ0) is 16.5. The first-order valence-electron chi connectivity index (χ1n) is 7.74. The Morgan fingerprint density at radius 1 is 1.13 bits per heavy atom. The minimum absolute atomic E-state index is 0. The number of halogens is 1. The van der Waals surface area contributed by atoms with E-state index in [-0.39, 0.29) is 24.2 Å². The summed E-state index contributed by atoms with van der Waals surface area (Å²) in [6.07, 6.45) is 0.614. The average Bonchev–Trinajstić information content (AvgIpc) is 2.46. The van der Waals surface area contributed by atoms with Gasteiger partial charge in [0.2, 0.25) is 5.91 Å². The van der Waals surface area contributed by atoms with Gasteiger partial charge in [0.1, 0.15) is 6.04 Å². The second-order valence-electron chi connectivity index (χ2n) is 5.87. The molecule has 0 bridgehead atoms. The molecule has 0 aliphatic heterocycles. The normalized spacial score (nSPS) is 11.5. The molecule has 1 aromatic rings. The van der Waals surface area contributed by atoms with Crippen LogP contribution >= 0.6 is 12.4 Å². The van der Waals surface area contributed by atoms with E-state index in [0.29, 0.717) is 31.0 Å². The van der Waals surface area contributed by atoms with E-state index < -0.39 is 6.04 Å². The number of hydrogen-bond acceptors (Lipinski definition) is 3. The third-order valence-corrected chi connectivity index (χ3v) is 3.39. The lowest BCUT2D eigenvalue weighted by atomic mass is 10.0. The monoisotopic (exact) mass is 341 g/mol. The van der Waals surface area contributed by atoms with Crippen molar-refractivity contribution in [3.8, 4) is 0 Å². The summed E-state index contributed by atoms with van der Waals surface area (Å²) in [5.74, 6) is -0.0179. The maximum atomic E-state index is 12.4. The molecule has 0 heterocycles. The molecule has 0 aliphatic rings. The van der Waals surface area contributed by atoms with Crippen molar-refractivity contribution in [2.24, 2.45) is 5.92 Å². The Morgan fingerprint density at radius 3 is 2.35 bits per heavy atom. The predicted octanol–water partition coefficient (Wildman–Crippen LogP) is 1.90. The Balaban J connectivity index is 0.00000484. The molecule has 0 spiro atoms. The summed E-state index contributed by atoms with van der Waals surface area (Å²) in [4.78, 5) is 24.6. The number of carbonyl (C=O) groups excluding carboxylic acids is 2. The molecular formula is C17H28ClN3O2. The fourth-order valence-corrected chi connectivity index (χ4v) is 2.20. The quantitative estimate of drug-likeness (QED) is 0.632. The summed E-state index contributed by atoms with van der Waals surface area (Å²) >= 11 is 0. The summed E-state index contributed by atoms with van der Waals surface area (Å²) in [7, 11) is 1.83. The summed E-state index contributed by atoms with van der Waals surface area (Å²) in [6.45, 7) is 7.21. The standard InChI is InChI=1S/C17H27N3O2.ClH/c1-12(2)11-15(17(22)19-10-9-18-4)20-16(21)14-8-6-5-7-13(14)3;/h5-8,12,15,18H,9-11H2,1-4H3,(H,19,22)(H,20,21);1H. The van der Waals surface area contributed by atoms with Gasteiger partial charge in [-0.25, -0.2) is 0 Å². The summed E-state index contributed by atoms with van der Waals surface area (Å²) < 4.78 is 0. The predicted molar refractivity (Wildman–Crippen MR) is 96.1 cm³/mol. The van der Waals surface area contributed by atoms with Crippen molar-refractivity contribution in [3.63, 3.8) is 0 Å². The average molecular weight is 342 g/mol. The highest BCUT2D eigenvalue weighted by atomic mass is 35.5. The van der Waals surface area contributed by atoms with Crippen molar-refractivity contribution in [2.45, 2.75) is 33.2 Å². The van der Waals surface area contributed by atoms with E-state index in [1.807, 2.05) is 46.0 Å². The van der Waals surface area contributed by atoms with Crippen LogP contribution in [-0.2, 0) is 4.79 Å². The molecule has 0 fully saturated rings. The van der Waals surface area contributed by atoms with Gasteiger partial charge in [0, 0.05) is 18.7 Å². The molecule has 2 amide bonds. The van der Waals surface area contributed by atoms with Gasteiger partial charge in [-0.1, -0.05) is 32.0 Å². The molecule has 6 heteroatoms. The molecule has 1 atom stereocenters. The van der Waals surface area contributed by atoms with Gasteiger partial charge in [0.15, 0.2) is 0 Å². The Kier molecular flexibility index (Phi) is 10.3. The number of aryl methyl sites for hydroxylation is 1. The first-order valence-corrected chi connectivity index (χ1v) is 7.74. The molecule has 0 radical (unpaired) electrons. The van der Waals surface area contributed by atoms with Crippen LogP contribution < -0.4 is 16.0 Å². The molecule has 3 N–H and O–H groups in total. The van der Waals surface area contributed by atoms with Crippen LogP contribution in [0.2, 0.25) is 0 Å². The number of likely N-dealkylation sites (N-methyl/N-ethyl adjacent to an activating group) is 1. The highest BCUT2D eigenvalue weighted by Crippen LogP contribution is 2.10. The van der Waals surface area contributed by atoms with Crippen LogP contribution in [0.1, 0.15) is 36.2 Å². The maximum absolute atomic E-state index is 12.4. The fraction of sp³-hybridized carbons (Fsp3) is 0.529. The Bertz CT molecular complexity index is 506. The van der Waals surface area contributed by atoms with E-state index in [2.05, 4.69) is 16.0 Å². The van der Waals surface area contributed by atoms with E-state index in [0.717, 1.165) is 5.56 Å². The number of benzene rings is 1. The van der Waals surface area contributed by atoms with Gasteiger partial charge in [-0.3, -0.25) is 9.59 Å². The fourth-order valence-electron chi connectivity index (χ4n) is 2.20. The molecule has 1 unspecified atom stereocenters. The second kappa shape index (κ2) is 11.0. The maximum Gasteiger partial charge on any atom is 0.252 e. The summed E-state index contributed by atoms with van der Waals surface area (Å²) in [5.41, 5.74) is 1.51. The van der Waals surface area contributed by atoms with Crippen LogP contribution in [0.3, 0.4) is 0 Å². The van der Waals surface area contributed by atoms with Crippen molar-refractivity contribution < 1.29 is 9.59 Å². The largest absolute Gasteiger partial charge is 0.353 e. The molecule has 0 saturated heterocycles. The van der Waals surface area contributed by atoms with Crippen molar-refractivity contribution >= 4 is 24.2 Å². The number of carbonyl (C=O) groups is 2. The molecule has 0 aliphatic carbocycles. The van der Waals surface area contributed by atoms with Crippen LogP contribution in [0, 0.1) is 12.8 Å². The highest BCUT2D eigenvalue weighted by Gasteiger charge is 2.22. The highest BCUT2D eigenvalue weighted by molar-refractivity contribution is 5.98. The summed E-state index contributed by atoms with van der Waals surface area (Å²) in [5, 5.41) is 8.68. The minimum Gasteiger partial charge on any atom is -0.353 e. The third kappa shape index (κ3) is 7.48. The lowest BCUT2D eigenvalue weighted by molar-refractivity contribution is -0.123. The van der Waals surface area contributed by atoms with Gasteiger partial charge in [0.25, 0.3) is 5.91 Å². The molecule has 0 aromatic heterocycles. The number of nitrogens with one attached hydrogen (secondary N) is 3. The second-order valence-corrected chi connectivity index (χ2v) is 5.87. The van der Waals surface area contributed by atoms with Crippen LogP contribution in [0.15, 0.2) is 24.3 Å². The van der Waals surface area contributed by atoms with Crippen LogP contribution in [0.25, 0.3) is 0 Å². The van der Waals surface area contributed by atoms with E-state index in [1.165, 1.54) is 0 Å². The van der Waals surface area contributed by atoms with E-state index in [4.69, 9.17) is 0 Å². The van der Waals surface area contributed by atoms with Crippen molar-refractivity contribution in [2.75, 3.05) is 20.1 Å². The molecule has 130 valence electrons. The zero-order valence-electron chi connectivity index (χ0n) is 14.3. The van der Waals surface area contributed by atoms with Gasteiger partial charge in [-0.05, 0) is 37.9 Å². The number of rotatable bonds is 8. The zero-order valence-corrected chi connectivity index (χ0v) is 15.1. The summed E-state index contributed by atoms with van der Waals surface area (Å²) in [6, 6.07) is 6.87. The van der Waals surface area contributed by atoms with Gasteiger partial charge in [-0.2, -0.15) is 0 Å².